The number of aryl methyl sites for hydroxylation is 2. The number of esters is 2. The van der Waals surface area contributed by atoms with Crippen LogP contribution in [0.2, 0.25) is 0 Å². The number of rotatable bonds is 10. The number of ether oxygens (including phenoxy) is 8. The summed E-state index contributed by atoms with van der Waals surface area (Å²) in [7, 11) is 7.09. The van der Waals surface area contributed by atoms with Crippen molar-refractivity contribution in [3.8, 4) is 69.6 Å². The molecule has 8 aliphatic heterocycles. The van der Waals surface area contributed by atoms with Gasteiger partial charge in [0.25, 0.3) is 0 Å². The number of phenolic OH excluding ortho intramolecular Hbond substituents is 2. The predicted molar refractivity (Wildman–Crippen MR) is 346 cm³/mol. The standard InChI is InChI=1S/C38H42N6O7S.C28H32N4O6.2CH4/c1-18-12-22-13-25-27(15-39)44-26(31(43(25)5)29(22)32(46)33(18)48-6)14-24-30(36-35(49-17-50-36)19(2)34(24)51-21(4)45)28(44)16-40-37(47)20(3)41-38(52)42-23-10-8-7-9-11-23;1-12-6-15-7-17-19(9-29)32-18(23(31(17)4)21(15)24(34)25(12)35-5)8-16-22(20(32)10-30)28-27(36-11-37-28)13(2)26(16)38-14(3)33;;/h7-12,20,25-28,31,46H,13-14,16-17H2,1-6H3,(H,40,47)(H2,41,42,52);6,17-20,23,34H,7-8,10-11,30H2,1-5H3;2*1H4/t20-,25+,26?,27+,28+,31+;17-,18?,19-,20-,23-;;/m10../s1. The fraction of sp³-hybridized carbons (Fsp3) is 0.471. The van der Waals surface area contributed by atoms with E-state index in [2.05, 4.69) is 53.8 Å². The van der Waals surface area contributed by atoms with Crippen LogP contribution in [0.15, 0.2) is 42.5 Å². The van der Waals surface area contributed by atoms with Crippen LogP contribution in [0, 0.1) is 50.4 Å². The molecule has 11 atom stereocenters. The number of nitrogens with one attached hydrogen (secondary N) is 3. The van der Waals surface area contributed by atoms with Gasteiger partial charge in [0, 0.05) is 101 Å². The lowest BCUT2D eigenvalue weighted by atomic mass is 9.71. The van der Waals surface area contributed by atoms with E-state index in [0.29, 0.717) is 93.5 Å². The lowest BCUT2D eigenvalue weighted by Gasteiger charge is -2.60. The molecule has 8 heterocycles. The number of nitrogens with zero attached hydrogens (tertiary/aromatic N) is 6. The Morgan fingerprint density at radius 1 is 0.674 bits per heavy atom. The fourth-order valence-corrected chi connectivity index (χ4v) is 16.2. The Hall–Kier alpha value is -8.62. The number of anilines is 1. The molecule has 7 N–H and O–H groups in total. The van der Waals surface area contributed by atoms with Gasteiger partial charge in [-0.3, -0.25) is 34.0 Å². The fourth-order valence-electron chi connectivity index (χ4n) is 16.0. The van der Waals surface area contributed by atoms with Crippen LogP contribution in [0.25, 0.3) is 0 Å². The largest absolute Gasteiger partial charge is 0.504 e. The van der Waals surface area contributed by atoms with Gasteiger partial charge in [-0.2, -0.15) is 10.5 Å². The molecule has 0 saturated carbocycles. The topological polar surface area (TPSA) is 288 Å². The van der Waals surface area contributed by atoms with Crippen LogP contribution in [0.5, 0.6) is 57.5 Å². The number of amides is 1. The number of likely N-dealkylation sites (N-methyl/N-ethyl adjacent to an activating group) is 2. The highest BCUT2D eigenvalue weighted by atomic mass is 32.1. The Morgan fingerprint density at radius 3 is 1.53 bits per heavy atom. The summed E-state index contributed by atoms with van der Waals surface area (Å²) >= 11 is 5.49. The first-order chi connectivity index (χ1) is 43.2. The van der Waals surface area contributed by atoms with Gasteiger partial charge in [0.1, 0.15) is 29.6 Å². The normalized spacial score (nSPS) is 24.3. The highest BCUT2D eigenvalue weighted by molar-refractivity contribution is 7.80. The number of nitriles is 2. The van der Waals surface area contributed by atoms with Crippen molar-refractivity contribution >= 4 is 40.9 Å². The third-order valence-corrected chi connectivity index (χ3v) is 19.7. The molecule has 488 valence electrons. The van der Waals surface area contributed by atoms with Gasteiger partial charge in [-0.1, -0.05) is 45.2 Å². The average Bonchev–Trinajstić information content (AvgIpc) is 0.870. The van der Waals surface area contributed by atoms with Crippen molar-refractivity contribution in [3.05, 3.63) is 109 Å². The lowest BCUT2D eigenvalue weighted by molar-refractivity contribution is -0.133. The minimum absolute atomic E-state index is 0. The molecule has 92 heavy (non-hydrogen) atoms. The summed E-state index contributed by atoms with van der Waals surface area (Å²) in [4.78, 5) is 47.2. The summed E-state index contributed by atoms with van der Waals surface area (Å²) in [6.45, 7) is 12.3. The molecular weight excluding hydrogens is 1200 g/mol. The zero-order valence-electron chi connectivity index (χ0n) is 52.1. The molecule has 5 aromatic carbocycles. The van der Waals surface area contributed by atoms with Crippen molar-refractivity contribution in [1.82, 2.24) is 30.2 Å². The number of carbonyl (C=O) groups excluding carboxylic acids is 3. The molecule has 4 bridgehead atoms. The number of fused-ring (bicyclic) bond motifs is 18. The quantitative estimate of drug-likeness (QED) is 0.0445. The van der Waals surface area contributed by atoms with E-state index < -0.39 is 42.1 Å². The molecule has 5 aromatic rings. The Morgan fingerprint density at radius 2 is 1.11 bits per heavy atom. The second-order valence-corrected chi connectivity index (χ2v) is 24.8. The number of benzene rings is 5. The minimum Gasteiger partial charge on any atom is -0.504 e. The number of aromatic hydroxyl groups is 2. The summed E-state index contributed by atoms with van der Waals surface area (Å²) < 4.78 is 46.8. The van der Waals surface area contributed by atoms with Gasteiger partial charge >= 0.3 is 11.9 Å². The van der Waals surface area contributed by atoms with Crippen molar-refractivity contribution in [1.29, 1.82) is 10.5 Å². The van der Waals surface area contributed by atoms with Crippen LogP contribution in [0.1, 0.15) is 127 Å². The highest BCUT2D eigenvalue weighted by Gasteiger charge is 2.59. The minimum atomic E-state index is -0.708. The Kier molecular flexibility index (Phi) is 18.6. The van der Waals surface area contributed by atoms with E-state index in [-0.39, 0.29) is 95.2 Å². The van der Waals surface area contributed by atoms with E-state index in [0.717, 1.165) is 55.8 Å². The second-order valence-electron chi connectivity index (χ2n) is 24.4. The lowest BCUT2D eigenvalue weighted by Crippen LogP contribution is -2.69. The Labute approximate surface area is 542 Å². The van der Waals surface area contributed by atoms with Crippen LogP contribution in [-0.2, 0) is 40.1 Å². The zero-order chi connectivity index (χ0) is 64.0. The van der Waals surface area contributed by atoms with E-state index in [9.17, 15) is 35.1 Å². The van der Waals surface area contributed by atoms with Gasteiger partial charge in [-0.25, -0.2) is 0 Å². The molecule has 2 unspecified atom stereocenters. The molecule has 2 saturated heterocycles. The van der Waals surface area contributed by atoms with Crippen molar-refractivity contribution in [2.75, 3.05) is 60.3 Å². The van der Waals surface area contributed by atoms with Gasteiger partial charge in [0.2, 0.25) is 19.5 Å². The molecule has 0 radical (unpaired) electrons. The summed E-state index contributed by atoms with van der Waals surface area (Å²) in [5.74, 6) is 2.75. The van der Waals surface area contributed by atoms with Crippen LogP contribution < -0.4 is 59.6 Å². The van der Waals surface area contributed by atoms with E-state index in [1.165, 1.54) is 21.0 Å². The van der Waals surface area contributed by atoms with Crippen molar-refractivity contribution < 1.29 is 62.5 Å². The molecule has 23 nitrogen and oxygen atoms in total. The first-order valence-corrected chi connectivity index (χ1v) is 30.5. The Balaban J connectivity index is 0.000000206. The van der Waals surface area contributed by atoms with Crippen molar-refractivity contribution in [2.24, 2.45) is 5.73 Å². The number of hydrogen-bond acceptors (Lipinski definition) is 21. The maximum atomic E-state index is 13.7. The molecule has 0 aromatic heterocycles. The number of nitrogens with two attached hydrogens (primary N) is 1. The second kappa shape index (κ2) is 25.8. The van der Waals surface area contributed by atoms with Crippen LogP contribution in [0.3, 0.4) is 0 Å². The summed E-state index contributed by atoms with van der Waals surface area (Å²) in [5, 5.41) is 54.2. The third-order valence-electron chi connectivity index (χ3n) is 19.5. The van der Waals surface area contributed by atoms with Crippen molar-refractivity contribution in [3.63, 3.8) is 0 Å². The molecule has 0 spiro atoms. The monoisotopic (exact) mass is 1280 g/mol. The van der Waals surface area contributed by atoms with Crippen LogP contribution >= 0.6 is 12.2 Å². The first kappa shape index (κ1) is 66.3. The highest BCUT2D eigenvalue weighted by Crippen LogP contribution is 2.61. The predicted octanol–water partition coefficient (Wildman–Crippen LogP) is 7.61. The van der Waals surface area contributed by atoms with Gasteiger partial charge in [-0.05, 0) is 121 Å². The molecule has 8 aliphatic rings. The smallest absolute Gasteiger partial charge is 0.308 e. The number of phenols is 2. The van der Waals surface area contributed by atoms with Crippen LogP contribution in [0.4, 0.5) is 5.69 Å². The molecular formula is C68H82N10O13S. The molecule has 1 amide bonds. The number of thiocarbonyl (C=S) groups is 1. The maximum absolute atomic E-state index is 13.7. The van der Waals surface area contributed by atoms with E-state index in [1.807, 2.05) is 78.2 Å². The molecule has 13 rings (SSSR count). The van der Waals surface area contributed by atoms with Crippen molar-refractivity contribution in [2.45, 2.75) is 155 Å². The third kappa shape index (κ3) is 10.6. The molecule has 0 aliphatic carbocycles. The van der Waals surface area contributed by atoms with Gasteiger partial charge in [0.05, 0.1) is 50.5 Å². The number of para-hydroxylation sites is 1. The van der Waals surface area contributed by atoms with E-state index in [1.54, 1.807) is 14.0 Å². The zero-order valence-corrected chi connectivity index (χ0v) is 52.9. The summed E-state index contributed by atoms with van der Waals surface area (Å²) in [6, 6.07) is 14.3. The number of piperazine rings is 2. The average molecular weight is 1280 g/mol. The van der Waals surface area contributed by atoms with Gasteiger partial charge < -0.3 is 69.8 Å². The van der Waals surface area contributed by atoms with Gasteiger partial charge in [-0.15, -0.1) is 0 Å². The first-order valence-electron chi connectivity index (χ1n) is 30.1. The van der Waals surface area contributed by atoms with E-state index >= 15 is 0 Å². The molecule has 24 heteroatoms. The molecule has 2 fully saturated rings. The SMILES string of the molecule is C.C.COc1c(C)cc2c(c1O)[C@@H]1C3Cc4c(OC(C)=O)c(C)c5c(c4[C@H](CN)N3[C@@H](C#N)[C@H](C2)N1C)OCO5.COc1c(C)cc2c(c1O)[C@@H]1C3Cc4c(OC(C)=O)c(C)c5c(c4[C@H](CNC(=O)[C@@H](C)NC(=S)Nc4ccccc4)N3[C@@H](C#N)[C@H](C2)N1C)OCO5. The van der Waals surface area contributed by atoms with E-state index in [4.69, 9.17) is 55.8 Å². The summed E-state index contributed by atoms with van der Waals surface area (Å²) in [6.07, 6.45) is 1.94. The maximum Gasteiger partial charge on any atom is 0.308 e. The van der Waals surface area contributed by atoms with Crippen LogP contribution in [-0.4, -0.2) is 150 Å². The Bertz CT molecular complexity index is 3890. The van der Waals surface area contributed by atoms with Gasteiger partial charge in [0.15, 0.2) is 51.1 Å². The number of hydrogen-bond donors (Lipinski definition) is 6. The number of methoxy groups -OCH3 is 2. The number of carbonyl (C=O) groups is 3. The summed E-state index contributed by atoms with van der Waals surface area (Å²) in [5.41, 5.74) is 16.8.